The Balaban J connectivity index is 2.75. The number of carbonyl (C=O) groups excluding carboxylic acids is 1. The number of nitrogens with zero attached hydrogens (tertiary/aromatic N) is 1. The van der Waals surface area contributed by atoms with Gasteiger partial charge in [0.15, 0.2) is 0 Å². The van der Waals surface area contributed by atoms with E-state index in [4.69, 9.17) is 10.5 Å². The average Bonchev–Trinajstić information content (AvgIpc) is 2.41. The van der Waals surface area contributed by atoms with E-state index >= 15 is 0 Å². The van der Waals surface area contributed by atoms with Gasteiger partial charge >= 0.3 is 5.97 Å². The molecule has 2 N–H and O–H groups in total. The molecule has 0 heterocycles. The van der Waals surface area contributed by atoms with Crippen LogP contribution in [0.3, 0.4) is 0 Å². The van der Waals surface area contributed by atoms with Crippen LogP contribution in [0, 0.1) is 6.92 Å². The molecule has 0 amide bonds. The second-order valence-electron chi connectivity index (χ2n) is 4.75. The van der Waals surface area contributed by atoms with Crippen LogP contribution in [0.1, 0.15) is 30.0 Å². The van der Waals surface area contributed by atoms with Crippen LogP contribution in [0.15, 0.2) is 18.2 Å². The lowest BCUT2D eigenvalue weighted by atomic mass is 10.0. The van der Waals surface area contributed by atoms with E-state index < -0.39 is 0 Å². The summed E-state index contributed by atoms with van der Waals surface area (Å²) in [5, 5.41) is 0. The molecule has 4 heteroatoms. The van der Waals surface area contributed by atoms with Gasteiger partial charge in [0.2, 0.25) is 0 Å². The summed E-state index contributed by atoms with van der Waals surface area (Å²) in [7, 11) is 1.42. The highest BCUT2D eigenvalue weighted by Gasteiger charge is 2.12. The maximum Gasteiger partial charge on any atom is 0.319 e. The van der Waals surface area contributed by atoms with E-state index in [2.05, 4.69) is 30.9 Å². The van der Waals surface area contributed by atoms with Crippen molar-refractivity contribution in [1.29, 1.82) is 0 Å². The molecule has 0 radical (unpaired) electrons. The van der Waals surface area contributed by atoms with E-state index in [1.165, 1.54) is 18.2 Å². The zero-order valence-electron chi connectivity index (χ0n) is 12.1. The normalized spacial score (nSPS) is 10.8. The molecule has 0 unspecified atom stereocenters. The molecular weight excluding hydrogens is 240 g/mol. The summed E-state index contributed by atoms with van der Waals surface area (Å²) in [4.78, 5) is 13.5. The maximum atomic E-state index is 11.4. The fraction of sp³-hybridized carbons (Fsp3) is 0.533. The minimum absolute atomic E-state index is 0.190. The first-order valence-corrected chi connectivity index (χ1v) is 6.68. The highest BCUT2D eigenvalue weighted by atomic mass is 16.5. The minimum atomic E-state index is -0.190. The van der Waals surface area contributed by atoms with Crippen LogP contribution >= 0.6 is 0 Å². The monoisotopic (exact) mass is 264 g/mol. The molecular formula is C15H24N2O2. The molecule has 106 valence electrons. The van der Waals surface area contributed by atoms with E-state index in [1.807, 2.05) is 6.07 Å². The van der Waals surface area contributed by atoms with Gasteiger partial charge in [-0.05, 0) is 36.6 Å². The van der Waals surface area contributed by atoms with Crippen LogP contribution in [-0.4, -0.2) is 31.1 Å². The van der Waals surface area contributed by atoms with Gasteiger partial charge in [0.05, 0.1) is 13.7 Å². The topological polar surface area (TPSA) is 55.6 Å². The second-order valence-corrected chi connectivity index (χ2v) is 4.75. The van der Waals surface area contributed by atoms with Crippen molar-refractivity contribution < 1.29 is 9.53 Å². The SMILES string of the molecule is CCCN(CC(=O)OC)Cc1ccc(CN)cc1C. The van der Waals surface area contributed by atoms with Crippen molar-refractivity contribution in [3.05, 3.63) is 34.9 Å². The predicted molar refractivity (Wildman–Crippen MR) is 76.7 cm³/mol. The van der Waals surface area contributed by atoms with Crippen LogP contribution in [0.25, 0.3) is 0 Å². The molecule has 0 atom stereocenters. The summed E-state index contributed by atoms with van der Waals surface area (Å²) in [6, 6.07) is 6.25. The minimum Gasteiger partial charge on any atom is -0.468 e. The van der Waals surface area contributed by atoms with Crippen molar-refractivity contribution in [2.75, 3.05) is 20.2 Å². The maximum absolute atomic E-state index is 11.4. The van der Waals surface area contributed by atoms with Gasteiger partial charge < -0.3 is 10.5 Å². The first-order chi connectivity index (χ1) is 9.10. The molecule has 1 aromatic carbocycles. The lowest BCUT2D eigenvalue weighted by Crippen LogP contribution is -2.31. The van der Waals surface area contributed by atoms with Crippen molar-refractivity contribution in [3.8, 4) is 0 Å². The van der Waals surface area contributed by atoms with Crippen molar-refractivity contribution >= 4 is 5.97 Å². The Hall–Kier alpha value is -1.39. The van der Waals surface area contributed by atoms with Crippen LogP contribution < -0.4 is 5.73 Å². The standard InChI is InChI=1S/C15H24N2O2/c1-4-7-17(11-15(18)19-3)10-14-6-5-13(9-16)8-12(14)2/h5-6,8H,4,7,9-11,16H2,1-3H3. The Morgan fingerprint density at radius 2 is 2.16 bits per heavy atom. The fourth-order valence-corrected chi connectivity index (χ4v) is 2.08. The van der Waals surface area contributed by atoms with Crippen molar-refractivity contribution in [3.63, 3.8) is 0 Å². The molecule has 1 rings (SSSR count). The summed E-state index contributed by atoms with van der Waals surface area (Å²) in [6.07, 6.45) is 1.01. The molecule has 0 fully saturated rings. The molecule has 0 aromatic heterocycles. The summed E-state index contributed by atoms with van der Waals surface area (Å²) in [6.45, 7) is 6.72. The first kappa shape index (κ1) is 15.7. The van der Waals surface area contributed by atoms with Gasteiger partial charge in [0.25, 0.3) is 0 Å². The Labute approximate surface area is 115 Å². The van der Waals surface area contributed by atoms with Crippen LogP contribution in [-0.2, 0) is 22.6 Å². The molecule has 0 saturated heterocycles. The molecule has 0 bridgehead atoms. The van der Waals surface area contributed by atoms with E-state index in [0.29, 0.717) is 13.1 Å². The van der Waals surface area contributed by atoms with Gasteiger partial charge in [-0.15, -0.1) is 0 Å². The third-order valence-electron chi connectivity index (χ3n) is 3.16. The number of hydrogen-bond acceptors (Lipinski definition) is 4. The molecule has 0 aliphatic carbocycles. The second kappa shape index (κ2) is 7.92. The number of hydrogen-bond donors (Lipinski definition) is 1. The van der Waals surface area contributed by atoms with Gasteiger partial charge in [-0.3, -0.25) is 9.69 Å². The van der Waals surface area contributed by atoms with Gasteiger partial charge in [0, 0.05) is 13.1 Å². The van der Waals surface area contributed by atoms with Crippen LogP contribution in [0.5, 0.6) is 0 Å². The number of carbonyl (C=O) groups is 1. The number of benzene rings is 1. The van der Waals surface area contributed by atoms with E-state index in [1.54, 1.807) is 0 Å². The highest BCUT2D eigenvalue weighted by molar-refractivity contribution is 5.71. The summed E-state index contributed by atoms with van der Waals surface area (Å²) in [5.41, 5.74) is 9.21. The lowest BCUT2D eigenvalue weighted by molar-refractivity contribution is -0.142. The molecule has 1 aromatic rings. The zero-order chi connectivity index (χ0) is 14.3. The molecule has 4 nitrogen and oxygen atoms in total. The molecule has 0 aliphatic heterocycles. The molecule has 19 heavy (non-hydrogen) atoms. The molecule has 0 aliphatic rings. The number of nitrogens with two attached hydrogens (primary N) is 1. The molecule has 0 saturated carbocycles. The number of esters is 1. The number of ether oxygens (including phenoxy) is 1. The van der Waals surface area contributed by atoms with E-state index in [0.717, 1.165) is 25.1 Å². The van der Waals surface area contributed by atoms with Crippen molar-refractivity contribution in [2.45, 2.75) is 33.4 Å². The zero-order valence-corrected chi connectivity index (χ0v) is 12.1. The average molecular weight is 264 g/mol. The third-order valence-corrected chi connectivity index (χ3v) is 3.16. The van der Waals surface area contributed by atoms with Crippen LogP contribution in [0.2, 0.25) is 0 Å². The summed E-state index contributed by atoms with van der Waals surface area (Å²) < 4.78 is 4.73. The van der Waals surface area contributed by atoms with Gasteiger partial charge in [-0.25, -0.2) is 0 Å². The van der Waals surface area contributed by atoms with E-state index in [9.17, 15) is 4.79 Å². The summed E-state index contributed by atoms with van der Waals surface area (Å²) >= 11 is 0. The largest absolute Gasteiger partial charge is 0.468 e. The first-order valence-electron chi connectivity index (χ1n) is 6.68. The van der Waals surface area contributed by atoms with Gasteiger partial charge in [-0.1, -0.05) is 25.1 Å². The van der Waals surface area contributed by atoms with Crippen molar-refractivity contribution in [1.82, 2.24) is 4.90 Å². The van der Waals surface area contributed by atoms with E-state index in [-0.39, 0.29) is 5.97 Å². The Bertz CT molecular complexity index is 419. The molecule has 0 spiro atoms. The van der Waals surface area contributed by atoms with Crippen molar-refractivity contribution in [2.24, 2.45) is 5.73 Å². The smallest absolute Gasteiger partial charge is 0.319 e. The number of rotatable bonds is 7. The Morgan fingerprint density at radius 1 is 1.42 bits per heavy atom. The van der Waals surface area contributed by atoms with Gasteiger partial charge in [-0.2, -0.15) is 0 Å². The number of methoxy groups -OCH3 is 1. The Morgan fingerprint density at radius 3 is 2.68 bits per heavy atom. The number of aryl methyl sites for hydroxylation is 1. The van der Waals surface area contributed by atoms with Crippen LogP contribution in [0.4, 0.5) is 0 Å². The summed E-state index contributed by atoms with van der Waals surface area (Å²) in [5.74, 6) is -0.190. The fourth-order valence-electron chi connectivity index (χ4n) is 2.08. The quantitative estimate of drug-likeness (QED) is 0.763. The van der Waals surface area contributed by atoms with Gasteiger partial charge in [0.1, 0.15) is 0 Å². The Kier molecular flexibility index (Phi) is 6.53. The predicted octanol–water partition coefficient (Wildman–Crippen LogP) is 1.84. The lowest BCUT2D eigenvalue weighted by Gasteiger charge is -2.21. The third kappa shape index (κ3) is 5.01. The highest BCUT2D eigenvalue weighted by Crippen LogP contribution is 2.13.